The summed E-state index contributed by atoms with van der Waals surface area (Å²) in [6.07, 6.45) is 3.69. The van der Waals surface area contributed by atoms with E-state index >= 15 is 0 Å². The fraction of sp³-hybridized carbons (Fsp3) is 0.429. The van der Waals surface area contributed by atoms with Crippen molar-refractivity contribution >= 4 is 34.9 Å². The Bertz CT molecular complexity index is 835. The summed E-state index contributed by atoms with van der Waals surface area (Å²) in [5.41, 5.74) is 3.61. The lowest BCUT2D eigenvalue weighted by Gasteiger charge is -2.43. The van der Waals surface area contributed by atoms with Crippen LogP contribution in [0.3, 0.4) is 0 Å². The number of benzene rings is 1. The summed E-state index contributed by atoms with van der Waals surface area (Å²) in [5, 5.41) is 9.81. The van der Waals surface area contributed by atoms with Crippen LogP contribution in [-0.4, -0.2) is 38.4 Å². The second-order valence-corrected chi connectivity index (χ2v) is 7.32. The zero-order valence-electron chi connectivity index (χ0n) is 16.4. The van der Waals surface area contributed by atoms with Crippen LogP contribution in [0, 0.1) is 11.3 Å². The number of nitrogens with zero attached hydrogens (tertiary/aromatic N) is 2. The molecule has 1 heterocycles. The molecule has 0 amide bonds. The van der Waals surface area contributed by atoms with Gasteiger partial charge in [0.1, 0.15) is 18.2 Å². The molecular weight excluding hydrogens is 364 g/mol. The number of rotatable bonds is 6. The molecule has 6 heteroatoms. The summed E-state index contributed by atoms with van der Waals surface area (Å²) < 4.78 is 9.87. The average Bonchev–Trinajstić information content (AvgIpc) is 2.60. The van der Waals surface area contributed by atoms with Crippen LogP contribution in [0.25, 0.3) is 11.6 Å². The number of ether oxygens (including phenoxy) is 2. The number of allylic oxidation sites excluding steroid dienone is 1. The van der Waals surface area contributed by atoms with Gasteiger partial charge in [0.15, 0.2) is 0 Å². The fourth-order valence-electron chi connectivity index (χ4n) is 3.39. The lowest BCUT2D eigenvalue weighted by atomic mass is 9.88. The van der Waals surface area contributed by atoms with E-state index in [0.29, 0.717) is 10.6 Å². The summed E-state index contributed by atoms with van der Waals surface area (Å²) in [5.74, 6) is -0.688. The number of nitriles is 1. The number of methoxy groups -OCH3 is 1. The number of fused-ring (bicyclic) bond motifs is 1. The molecule has 0 saturated carbocycles. The van der Waals surface area contributed by atoms with Crippen LogP contribution in [0.4, 0.5) is 5.69 Å². The van der Waals surface area contributed by atoms with Gasteiger partial charge < -0.3 is 14.4 Å². The molecule has 0 bridgehead atoms. The zero-order valence-corrected chi connectivity index (χ0v) is 17.2. The normalized spacial score (nSPS) is 15.7. The van der Waals surface area contributed by atoms with Gasteiger partial charge >= 0.3 is 5.97 Å². The quantitative estimate of drug-likeness (QED) is 0.311. The first kappa shape index (κ1) is 21.0. The maximum absolute atomic E-state index is 12.1. The van der Waals surface area contributed by atoms with Gasteiger partial charge in [0.25, 0.3) is 0 Å². The molecule has 0 fully saturated rings. The van der Waals surface area contributed by atoms with Gasteiger partial charge in [0, 0.05) is 29.9 Å². The molecule has 5 nitrogen and oxygen atoms in total. The maximum atomic E-state index is 12.1. The number of carbonyl (C=O) groups is 1. The van der Waals surface area contributed by atoms with Crippen LogP contribution >= 0.6 is 11.6 Å². The molecule has 0 radical (unpaired) electrons. The third kappa shape index (κ3) is 4.52. The van der Waals surface area contributed by atoms with Gasteiger partial charge in [-0.25, -0.2) is 4.79 Å². The Labute approximate surface area is 165 Å². The first-order chi connectivity index (χ1) is 12.7. The molecule has 0 unspecified atom stereocenters. The van der Waals surface area contributed by atoms with Crippen LogP contribution in [0.15, 0.2) is 23.8 Å². The Hall–Kier alpha value is -2.29. The molecule has 0 saturated heterocycles. The largest absolute Gasteiger partial charge is 0.459 e. The molecular formula is C21H25ClN2O3. The third-order valence-electron chi connectivity index (χ3n) is 4.57. The van der Waals surface area contributed by atoms with Gasteiger partial charge in [-0.1, -0.05) is 17.7 Å². The van der Waals surface area contributed by atoms with Crippen molar-refractivity contribution in [3.63, 3.8) is 0 Å². The molecule has 1 aromatic rings. The van der Waals surface area contributed by atoms with Crippen molar-refractivity contribution in [2.75, 3.05) is 31.8 Å². The van der Waals surface area contributed by atoms with Crippen molar-refractivity contribution in [1.29, 1.82) is 5.26 Å². The first-order valence-corrected chi connectivity index (χ1v) is 9.21. The third-order valence-corrected chi connectivity index (χ3v) is 4.90. The van der Waals surface area contributed by atoms with Crippen LogP contribution in [-0.2, 0) is 14.3 Å². The number of halogens is 1. The van der Waals surface area contributed by atoms with E-state index < -0.39 is 5.97 Å². The Kier molecular flexibility index (Phi) is 6.69. The standard InChI is InChI=1S/C21H25ClN2O3/c1-6-24-19-11-18(22)15(10-17(19)14(2)12-21(24,3)4)9-16(13-23)20(25)27-8-7-26-5/h9-12H,6-8H2,1-5H3/b16-9-. The second-order valence-electron chi connectivity index (χ2n) is 6.91. The van der Waals surface area contributed by atoms with Gasteiger partial charge in [0.05, 0.1) is 12.1 Å². The Balaban J connectivity index is 2.45. The molecule has 0 atom stereocenters. The van der Waals surface area contributed by atoms with Crippen LogP contribution in [0.2, 0.25) is 5.02 Å². The minimum atomic E-state index is -0.688. The highest BCUT2D eigenvalue weighted by Crippen LogP contribution is 2.41. The summed E-state index contributed by atoms with van der Waals surface area (Å²) in [6.45, 7) is 9.68. The molecule has 0 N–H and O–H groups in total. The number of likely N-dealkylation sites (N-methyl/N-ethyl adjacent to an activating group) is 1. The predicted molar refractivity (Wildman–Crippen MR) is 109 cm³/mol. The van der Waals surface area contributed by atoms with E-state index in [-0.39, 0.29) is 24.3 Å². The Morgan fingerprint density at radius 2 is 2.07 bits per heavy atom. The van der Waals surface area contributed by atoms with E-state index in [1.807, 2.05) is 18.2 Å². The van der Waals surface area contributed by atoms with E-state index in [0.717, 1.165) is 23.4 Å². The number of hydrogen-bond acceptors (Lipinski definition) is 5. The van der Waals surface area contributed by atoms with Crippen LogP contribution in [0.5, 0.6) is 0 Å². The molecule has 1 aromatic carbocycles. The average molecular weight is 389 g/mol. The highest BCUT2D eigenvalue weighted by Gasteiger charge is 2.30. The SMILES string of the molecule is CCN1c2cc(Cl)c(/C=C(/C#N)C(=O)OCCOC)cc2C(C)=CC1(C)C. The smallest absolute Gasteiger partial charge is 0.348 e. The number of carbonyl (C=O) groups excluding carboxylic acids is 1. The fourth-order valence-corrected chi connectivity index (χ4v) is 3.60. The molecule has 2 rings (SSSR count). The van der Waals surface area contributed by atoms with Crippen LogP contribution < -0.4 is 4.90 Å². The second kappa shape index (κ2) is 8.60. The van der Waals surface area contributed by atoms with Crippen LogP contribution in [0.1, 0.15) is 38.8 Å². The molecule has 27 heavy (non-hydrogen) atoms. The molecule has 0 aliphatic carbocycles. The molecule has 0 spiro atoms. The number of anilines is 1. The number of esters is 1. The lowest BCUT2D eigenvalue weighted by molar-refractivity contribution is -0.139. The summed E-state index contributed by atoms with van der Waals surface area (Å²) in [6, 6.07) is 5.71. The van der Waals surface area contributed by atoms with Crippen molar-refractivity contribution in [3.05, 3.63) is 39.9 Å². The Morgan fingerprint density at radius 1 is 1.37 bits per heavy atom. The van der Waals surface area contributed by atoms with Gasteiger partial charge in [-0.3, -0.25) is 0 Å². The van der Waals surface area contributed by atoms with Gasteiger partial charge in [0.2, 0.25) is 0 Å². The Morgan fingerprint density at radius 3 is 2.67 bits per heavy atom. The molecule has 1 aliphatic rings. The highest BCUT2D eigenvalue weighted by atomic mass is 35.5. The highest BCUT2D eigenvalue weighted by molar-refractivity contribution is 6.32. The van der Waals surface area contributed by atoms with Gasteiger partial charge in [-0.05, 0) is 57.0 Å². The molecule has 144 valence electrons. The topological polar surface area (TPSA) is 62.6 Å². The number of hydrogen-bond donors (Lipinski definition) is 0. The predicted octanol–water partition coefficient (Wildman–Crippen LogP) is 4.46. The van der Waals surface area contributed by atoms with Crippen molar-refractivity contribution in [2.45, 2.75) is 33.2 Å². The molecule has 1 aliphatic heterocycles. The van der Waals surface area contributed by atoms with Gasteiger partial charge in [-0.15, -0.1) is 0 Å². The first-order valence-electron chi connectivity index (χ1n) is 8.84. The van der Waals surface area contributed by atoms with Crippen molar-refractivity contribution < 1.29 is 14.3 Å². The summed E-state index contributed by atoms with van der Waals surface area (Å²) in [4.78, 5) is 14.3. The van der Waals surface area contributed by atoms with Crippen molar-refractivity contribution in [3.8, 4) is 6.07 Å². The van der Waals surface area contributed by atoms with Crippen molar-refractivity contribution in [2.24, 2.45) is 0 Å². The van der Waals surface area contributed by atoms with E-state index in [2.05, 4.69) is 38.7 Å². The van der Waals surface area contributed by atoms with Crippen molar-refractivity contribution in [1.82, 2.24) is 0 Å². The van der Waals surface area contributed by atoms with Gasteiger partial charge in [-0.2, -0.15) is 5.26 Å². The van der Waals surface area contributed by atoms with E-state index in [4.69, 9.17) is 21.1 Å². The minimum absolute atomic E-state index is 0.0919. The summed E-state index contributed by atoms with van der Waals surface area (Å²) in [7, 11) is 1.51. The van der Waals surface area contributed by atoms with E-state index in [1.54, 1.807) is 0 Å². The zero-order chi connectivity index (χ0) is 20.2. The van der Waals surface area contributed by atoms with E-state index in [1.165, 1.54) is 13.2 Å². The minimum Gasteiger partial charge on any atom is -0.459 e. The monoisotopic (exact) mass is 388 g/mol. The van der Waals surface area contributed by atoms with E-state index in [9.17, 15) is 10.1 Å². The summed E-state index contributed by atoms with van der Waals surface area (Å²) >= 11 is 6.48. The maximum Gasteiger partial charge on any atom is 0.348 e. The lowest BCUT2D eigenvalue weighted by Crippen LogP contribution is -2.44. The molecule has 0 aromatic heterocycles.